The van der Waals surface area contributed by atoms with Crippen LogP contribution in [0.3, 0.4) is 0 Å². The minimum atomic E-state index is -0.371. The molecule has 5 nitrogen and oxygen atoms in total. The number of esters is 1. The van der Waals surface area contributed by atoms with Crippen LogP contribution in [0, 0.1) is 0 Å². The van der Waals surface area contributed by atoms with Crippen LogP contribution < -0.4 is 4.74 Å². The van der Waals surface area contributed by atoms with E-state index in [2.05, 4.69) is 9.97 Å². The van der Waals surface area contributed by atoms with Crippen molar-refractivity contribution in [3.8, 4) is 5.75 Å². The topological polar surface area (TPSA) is 64.2 Å². The number of imidazole rings is 1. The second-order valence-electron chi connectivity index (χ2n) is 4.19. The first-order valence-corrected chi connectivity index (χ1v) is 7.81. The van der Waals surface area contributed by atoms with E-state index in [0.717, 1.165) is 23.1 Å². The number of aromatic nitrogens is 2. The molecule has 1 aromatic heterocycles. The second kappa shape index (κ2) is 8.36. The number of rotatable bonds is 8. The van der Waals surface area contributed by atoms with Gasteiger partial charge in [-0.05, 0) is 25.5 Å². The monoisotopic (exact) mass is 306 g/mol. The van der Waals surface area contributed by atoms with E-state index in [1.54, 1.807) is 18.7 Å². The van der Waals surface area contributed by atoms with Gasteiger partial charge in [0.2, 0.25) is 0 Å². The van der Waals surface area contributed by atoms with Crippen LogP contribution >= 0.6 is 11.8 Å². The van der Waals surface area contributed by atoms with E-state index in [9.17, 15) is 4.79 Å². The zero-order valence-corrected chi connectivity index (χ0v) is 12.7. The van der Waals surface area contributed by atoms with Crippen molar-refractivity contribution < 1.29 is 14.3 Å². The third-order valence-electron chi connectivity index (χ3n) is 2.59. The average molecular weight is 306 g/mol. The maximum atomic E-state index is 11.5. The highest BCUT2D eigenvalue weighted by atomic mass is 32.2. The SMILES string of the molecule is CCOC(=O)c1cnc(SCCCOc2ccccc2)[nH]1. The lowest BCUT2D eigenvalue weighted by molar-refractivity contribution is 0.0519. The fourth-order valence-electron chi connectivity index (χ4n) is 1.62. The molecule has 1 N–H and O–H groups in total. The van der Waals surface area contributed by atoms with Crippen LogP contribution in [-0.4, -0.2) is 34.9 Å². The number of thioether (sulfide) groups is 1. The van der Waals surface area contributed by atoms with E-state index in [0.29, 0.717) is 18.9 Å². The lowest BCUT2D eigenvalue weighted by Gasteiger charge is -2.04. The summed E-state index contributed by atoms with van der Waals surface area (Å²) in [6.45, 7) is 2.79. The summed E-state index contributed by atoms with van der Waals surface area (Å²) in [5.41, 5.74) is 0.389. The summed E-state index contributed by atoms with van der Waals surface area (Å²) in [7, 11) is 0. The molecule has 0 bridgehead atoms. The Labute approximate surface area is 128 Å². The molecule has 0 atom stereocenters. The molecule has 0 radical (unpaired) electrons. The molecular weight excluding hydrogens is 288 g/mol. The normalized spacial score (nSPS) is 10.3. The summed E-state index contributed by atoms with van der Waals surface area (Å²) in [4.78, 5) is 18.6. The van der Waals surface area contributed by atoms with Gasteiger partial charge in [0.05, 0.1) is 19.4 Å². The van der Waals surface area contributed by atoms with Crippen molar-refractivity contribution in [3.63, 3.8) is 0 Å². The molecular formula is C15H18N2O3S. The van der Waals surface area contributed by atoms with Crippen molar-refractivity contribution in [2.24, 2.45) is 0 Å². The highest BCUT2D eigenvalue weighted by molar-refractivity contribution is 7.99. The van der Waals surface area contributed by atoms with Crippen molar-refractivity contribution in [2.75, 3.05) is 19.0 Å². The number of ether oxygens (including phenoxy) is 2. The fraction of sp³-hybridized carbons (Fsp3) is 0.333. The maximum absolute atomic E-state index is 11.5. The molecule has 0 aliphatic heterocycles. The summed E-state index contributed by atoms with van der Waals surface area (Å²) in [5, 5.41) is 0.720. The summed E-state index contributed by atoms with van der Waals surface area (Å²) in [5.74, 6) is 1.37. The molecule has 2 rings (SSSR count). The molecule has 0 aliphatic rings. The molecule has 0 spiro atoms. The second-order valence-corrected chi connectivity index (χ2v) is 5.27. The lowest BCUT2D eigenvalue weighted by atomic mass is 10.3. The number of H-pyrrole nitrogens is 1. The van der Waals surface area contributed by atoms with Crippen LogP contribution in [-0.2, 0) is 4.74 Å². The van der Waals surface area contributed by atoms with Crippen molar-refractivity contribution in [3.05, 3.63) is 42.2 Å². The highest BCUT2D eigenvalue weighted by Crippen LogP contribution is 2.16. The molecule has 0 fully saturated rings. The first-order valence-electron chi connectivity index (χ1n) is 6.82. The van der Waals surface area contributed by atoms with Crippen molar-refractivity contribution >= 4 is 17.7 Å². The highest BCUT2D eigenvalue weighted by Gasteiger charge is 2.10. The number of carbonyl (C=O) groups excluding carboxylic acids is 1. The average Bonchev–Trinajstić information content (AvgIpc) is 2.97. The summed E-state index contributed by atoms with van der Waals surface area (Å²) in [6, 6.07) is 9.73. The minimum Gasteiger partial charge on any atom is -0.494 e. The zero-order valence-electron chi connectivity index (χ0n) is 11.9. The molecule has 1 heterocycles. The van der Waals surface area contributed by atoms with Gasteiger partial charge in [0.15, 0.2) is 5.16 Å². The van der Waals surface area contributed by atoms with Crippen LogP contribution in [0.15, 0.2) is 41.7 Å². The molecule has 0 amide bonds. The fourth-order valence-corrected chi connectivity index (χ4v) is 2.39. The van der Waals surface area contributed by atoms with Gasteiger partial charge in [-0.1, -0.05) is 30.0 Å². The van der Waals surface area contributed by atoms with Crippen LogP contribution in [0.25, 0.3) is 0 Å². The van der Waals surface area contributed by atoms with Crippen molar-refractivity contribution in [1.29, 1.82) is 0 Å². The summed E-state index contributed by atoms with van der Waals surface area (Å²) in [6.07, 6.45) is 2.40. The molecule has 0 saturated heterocycles. The predicted molar refractivity (Wildman–Crippen MR) is 81.8 cm³/mol. The quantitative estimate of drug-likeness (QED) is 0.461. The Morgan fingerprint density at radius 1 is 1.33 bits per heavy atom. The van der Waals surface area contributed by atoms with E-state index in [-0.39, 0.29) is 5.97 Å². The van der Waals surface area contributed by atoms with E-state index in [1.165, 1.54) is 6.20 Å². The first kappa shape index (κ1) is 15.4. The van der Waals surface area contributed by atoms with Crippen LogP contribution in [0.4, 0.5) is 0 Å². The van der Waals surface area contributed by atoms with Crippen LogP contribution in [0.5, 0.6) is 5.75 Å². The van der Waals surface area contributed by atoms with Gasteiger partial charge in [-0.2, -0.15) is 0 Å². The largest absolute Gasteiger partial charge is 0.494 e. The van der Waals surface area contributed by atoms with Gasteiger partial charge in [0.25, 0.3) is 0 Å². The Hall–Kier alpha value is -1.95. The van der Waals surface area contributed by atoms with Gasteiger partial charge >= 0.3 is 5.97 Å². The number of nitrogens with zero attached hydrogens (tertiary/aromatic N) is 1. The zero-order chi connectivity index (χ0) is 14.9. The summed E-state index contributed by atoms with van der Waals surface area (Å²) < 4.78 is 10.5. The maximum Gasteiger partial charge on any atom is 0.356 e. The van der Waals surface area contributed by atoms with Crippen LogP contribution in [0.1, 0.15) is 23.8 Å². The lowest BCUT2D eigenvalue weighted by Crippen LogP contribution is -2.04. The first-order chi connectivity index (χ1) is 10.3. The van der Waals surface area contributed by atoms with Crippen molar-refractivity contribution in [2.45, 2.75) is 18.5 Å². The van der Waals surface area contributed by atoms with Crippen LogP contribution in [0.2, 0.25) is 0 Å². The number of carbonyl (C=O) groups is 1. The van der Waals surface area contributed by atoms with Gasteiger partial charge in [0.1, 0.15) is 11.4 Å². The van der Waals surface area contributed by atoms with E-state index >= 15 is 0 Å². The Morgan fingerprint density at radius 3 is 2.90 bits per heavy atom. The molecule has 0 aliphatic carbocycles. The third-order valence-corrected chi connectivity index (χ3v) is 3.56. The van der Waals surface area contributed by atoms with E-state index < -0.39 is 0 Å². The molecule has 0 saturated carbocycles. The van der Waals surface area contributed by atoms with Gasteiger partial charge in [0, 0.05) is 5.75 Å². The minimum absolute atomic E-state index is 0.358. The van der Waals surface area contributed by atoms with Gasteiger partial charge < -0.3 is 14.5 Å². The number of hydrogen-bond acceptors (Lipinski definition) is 5. The Balaban J connectivity index is 1.66. The number of aromatic amines is 1. The molecule has 112 valence electrons. The molecule has 6 heteroatoms. The molecule has 1 aromatic carbocycles. The Morgan fingerprint density at radius 2 is 2.14 bits per heavy atom. The number of hydrogen-bond donors (Lipinski definition) is 1. The Kier molecular flexibility index (Phi) is 6.15. The third kappa shape index (κ3) is 5.15. The number of nitrogens with one attached hydrogen (secondary N) is 1. The Bertz CT molecular complexity index is 557. The van der Waals surface area contributed by atoms with Crippen molar-refractivity contribution in [1.82, 2.24) is 9.97 Å². The molecule has 0 unspecified atom stereocenters. The molecule has 2 aromatic rings. The predicted octanol–water partition coefficient (Wildman–Crippen LogP) is 3.15. The number of benzene rings is 1. The van der Waals surface area contributed by atoms with E-state index in [1.807, 2.05) is 30.3 Å². The van der Waals surface area contributed by atoms with Gasteiger partial charge in [-0.25, -0.2) is 9.78 Å². The van der Waals surface area contributed by atoms with Gasteiger partial charge in [-0.3, -0.25) is 0 Å². The van der Waals surface area contributed by atoms with E-state index in [4.69, 9.17) is 9.47 Å². The summed E-state index contributed by atoms with van der Waals surface area (Å²) >= 11 is 1.56. The smallest absolute Gasteiger partial charge is 0.356 e. The molecule has 21 heavy (non-hydrogen) atoms. The number of para-hydroxylation sites is 1. The standard InChI is InChI=1S/C15H18N2O3S/c1-2-19-14(18)13-11-16-15(17-13)21-10-6-9-20-12-7-4-3-5-8-12/h3-5,7-8,11H,2,6,9-10H2,1H3,(H,16,17). The van der Waals surface area contributed by atoms with Gasteiger partial charge in [-0.15, -0.1) is 0 Å².